The van der Waals surface area contributed by atoms with Gasteiger partial charge in [-0.1, -0.05) is 35.5 Å². The number of thiophene rings is 1. The topological polar surface area (TPSA) is 83.7 Å². The molecule has 2 aromatic heterocycles. The summed E-state index contributed by atoms with van der Waals surface area (Å²) in [6, 6.07) is 12.8. The Balaban J connectivity index is 1.44. The summed E-state index contributed by atoms with van der Waals surface area (Å²) in [4.78, 5) is 16.5. The van der Waals surface area contributed by atoms with Crippen LogP contribution in [-0.2, 0) is 10.0 Å². The first-order chi connectivity index (χ1) is 13.9. The maximum absolute atomic E-state index is 12.9. The van der Waals surface area contributed by atoms with Crippen molar-refractivity contribution in [3.63, 3.8) is 0 Å². The van der Waals surface area contributed by atoms with E-state index in [9.17, 15) is 13.2 Å². The number of aryl methyl sites for hydroxylation is 2. The molecule has 1 aromatic carbocycles. The summed E-state index contributed by atoms with van der Waals surface area (Å²) in [5.74, 6) is -0.122. The van der Waals surface area contributed by atoms with Crippen molar-refractivity contribution in [2.75, 3.05) is 26.2 Å². The van der Waals surface area contributed by atoms with Gasteiger partial charge in [-0.3, -0.25) is 4.79 Å². The predicted octanol–water partition coefficient (Wildman–Crippen LogP) is 3.17. The van der Waals surface area contributed by atoms with Crippen LogP contribution in [0.2, 0.25) is 0 Å². The summed E-state index contributed by atoms with van der Waals surface area (Å²) < 4.78 is 32.5. The van der Waals surface area contributed by atoms with E-state index < -0.39 is 10.0 Å². The van der Waals surface area contributed by atoms with Crippen LogP contribution in [0, 0.1) is 13.8 Å². The van der Waals surface area contributed by atoms with Gasteiger partial charge in [-0.25, -0.2) is 8.42 Å². The SMILES string of the molecule is Cc1cc(S(=O)(=O)N2CCN(C(=O)c3cc(-c4ccccc4)no3)CC2)c(C)s1. The van der Waals surface area contributed by atoms with Gasteiger partial charge in [0.05, 0.1) is 4.90 Å². The van der Waals surface area contributed by atoms with E-state index in [1.165, 1.54) is 15.6 Å². The van der Waals surface area contributed by atoms with Gasteiger partial charge in [0, 0.05) is 47.6 Å². The molecule has 4 rings (SSSR count). The number of aromatic nitrogens is 1. The van der Waals surface area contributed by atoms with Gasteiger partial charge in [-0.2, -0.15) is 4.31 Å². The summed E-state index contributed by atoms with van der Waals surface area (Å²) in [7, 11) is -3.55. The minimum absolute atomic E-state index is 0.157. The van der Waals surface area contributed by atoms with Crippen molar-refractivity contribution in [1.82, 2.24) is 14.4 Å². The van der Waals surface area contributed by atoms with Crippen molar-refractivity contribution >= 4 is 27.3 Å². The first-order valence-electron chi connectivity index (χ1n) is 9.25. The fourth-order valence-electron chi connectivity index (χ4n) is 3.41. The Bertz CT molecular complexity index is 1130. The van der Waals surface area contributed by atoms with Crippen LogP contribution in [0.5, 0.6) is 0 Å². The van der Waals surface area contributed by atoms with Gasteiger partial charge in [0.1, 0.15) is 5.69 Å². The number of hydrogen-bond donors (Lipinski definition) is 0. The lowest BCUT2D eigenvalue weighted by Gasteiger charge is -2.33. The second-order valence-electron chi connectivity index (χ2n) is 6.92. The first-order valence-corrected chi connectivity index (χ1v) is 11.5. The van der Waals surface area contributed by atoms with Gasteiger partial charge < -0.3 is 9.42 Å². The van der Waals surface area contributed by atoms with E-state index in [2.05, 4.69) is 5.16 Å². The van der Waals surface area contributed by atoms with Crippen molar-refractivity contribution in [3.05, 3.63) is 58.0 Å². The van der Waals surface area contributed by atoms with Gasteiger partial charge in [-0.15, -0.1) is 11.3 Å². The van der Waals surface area contributed by atoms with Gasteiger partial charge in [-0.05, 0) is 19.9 Å². The van der Waals surface area contributed by atoms with E-state index in [4.69, 9.17) is 4.52 Å². The quantitative estimate of drug-likeness (QED) is 0.634. The average Bonchev–Trinajstić information content (AvgIpc) is 3.35. The number of benzene rings is 1. The van der Waals surface area contributed by atoms with Gasteiger partial charge in [0.25, 0.3) is 5.91 Å². The Kier molecular flexibility index (Phi) is 5.28. The van der Waals surface area contributed by atoms with Crippen LogP contribution < -0.4 is 0 Å². The molecule has 0 atom stereocenters. The molecule has 9 heteroatoms. The third kappa shape index (κ3) is 3.85. The molecule has 0 N–H and O–H groups in total. The summed E-state index contributed by atoms with van der Waals surface area (Å²) in [6.45, 7) is 4.83. The number of sulfonamides is 1. The molecule has 152 valence electrons. The third-order valence-electron chi connectivity index (χ3n) is 4.93. The maximum atomic E-state index is 12.9. The van der Waals surface area contributed by atoms with Crippen LogP contribution in [-0.4, -0.2) is 54.9 Å². The van der Waals surface area contributed by atoms with Gasteiger partial charge in [0.15, 0.2) is 0 Å². The molecule has 0 aliphatic carbocycles. The lowest BCUT2D eigenvalue weighted by molar-refractivity contribution is 0.0656. The number of amides is 1. The highest BCUT2D eigenvalue weighted by molar-refractivity contribution is 7.89. The molecule has 1 fully saturated rings. The average molecular weight is 432 g/mol. The highest BCUT2D eigenvalue weighted by Crippen LogP contribution is 2.28. The molecule has 1 aliphatic heterocycles. The van der Waals surface area contributed by atoms with Crippen LogP contribution in [0.1, 0.15) is 20.3 Å². The van der Waals surface area contributed by atoms with E-state index >= 15 is 0 Å². The van der Waals surface area contributed by atoms with Gasteiger partial charge >= 0.3 is 0 Å². The minimum atomic E-state index is -3.55. The lowest BCUT2D eigenvalue weighted by Crippen LogP contribution is -2.50. The molecule has 0 radical (unpaired) electrons. The molecule has 1 aliphatic rings. The molecule has 29 heavy (non-hydrogen) atoms. The van der Waals surface area contributed by atoms with Crippen molar-refractivity contribution in [3.8, 4) is 11.3 Å². The zero-order valence-corrected chi connectivity index (χ0v) is 17.8. The lowest BCUT2D eigenvalue weighted by atomic mass is 10.1. The molecule has 3 aromatic rings. The van der Waals surface area contributed by atoms with E-state index in [0.29, 0.717) is 23.7 Å². The van der Waals surface area contributed by atoms with Crippen LogP contribution in [0.15, 0.2) is 51.9 Å². The number of piperazine rings is 1. The number of carbonyl (C=O) groups is 1. The number of rotatable bonds is 4. The predicted molar refractivity (Wildman–Crippen MR) is 110 cm³/mol. The monoisotopic (exact) mass is 431 g/mol. The van der Waals surface area contributed by atoms with E-state index in [-0.39, 0.29) is 24.8 Å². The highest BCUT2D eigenvalue weighted by atomic mass is 32.2. The van der Waals surface area contributed by atoms with Gasteiger partial charge in [0.2, 0.25) is 15.8 Å². The summed E-state index contributed by atoms with van der Waals surface area (Å²) in [6.07, 6.45) is 0. The normalized spacial score (nSPS) is 15.6. The Morgan fingerprint density at radius 3 is 2.38 bits per heavy atom. The third-order valence-corrected chi connectivity index (χ3v) is 8.05. The fourth-order valence-corrected chi connectivity index (χ4v) is 6.36. The second-order valence-corrected chi connectivity index (χ2v) is 10.3. The minimum Gasteiger partial charge on any atom is -0.350 e. The molecule has 1 saturated heterocycles. The first kappa shape index (κ1) is 19.8. The van der Waals surface area contributed by atoms with Crippen molar-refractivity contribution in [1.29, 1.82) is 0 Å². The standard InChI is InChI=1S/C20H21N3O4S2/c1-14-12-19(15(2)28-14)29(25,26)23-10-8-22(9-11-23)20(24)18-13-17(21-27-18)16-6-4-3-5-7-16/h3-7,12-13H,8-11H2,1-2H3. The summed E-state index contributed by atoms with van der Waals surface area (Å²) >= 11 is 1.47. The number of carbonyl (C=O) groups excluding carboxylic acids is 1. The highest BCUT2D eigenvalue weighted by Gasteiger charge is 2.33. The molecular weight excluding hydrogens is 410 g/mol. The molecule has 3 heterocycles. The zero-order valence-electron chi connectivity index (χ0n) is 16.2. The molecule has 7 nitrogen and oxygen atoms in total. The second kappa shape index (κ2) is 7.74. The molecule has 0 saturated carbocycles. The van der Waals surface area contributed by atoms with E-state index in [1.54, 1.807) is 17.0 Å². The van der Waals surface area contributed by atoms with E-state index in [1.807, 2.05) is 44.2 Å². The molecule has 1 amide bonds. The fraction of sp³-hybridized carbons (Fsp3) is 0.300. The maximum Gasteiger partial charge on any atom is 0.292 e. The summed E-state index contributed by atoms with van der Waals surface area (Å²) in [5.41, 5.74) is 1.46. The van der Waals surface area contributed by atoms with Crippen LogP contribution in [0.3, 0.4) is 0 Å². The van der Waals surface area contributed by atoms with Crippen molar-refractivity contribution in [2.45, 2.75) is 18.7 Å². The molecular formula is C20H21N3O4S2. The summed E-state index contributed by atoms with van der Waals surface area (Å²) in [5, 5.41) is 3.98. The van der Waals surface area contributed by atoms with E-state index in [0.717, 1.165) is 15.3 Å². The largest absolute Gasteiger partial charge is 0.350 e. The number of hydrogen-bond acceptors (Lipinski definition) is 6. The zero-order chi connectivity index (χ0) is 20.6. The van der Waals surface area contributed by atoms with Crippen LogP contribution in [0.4, 0.5) is 0 Å². The van der Waals surface area contributed by atoms with Crippen LogP contribution >= 0.6 is 11.3 Å². The molecule has 0 unspecified atom stereocenters. The Labute approximate surface area is 173 Å². The smallest absolute Gasteiger partial charge is 0.292 e. The Morgan fingerprint density at radius 2 is 1.76 bits per heavy atom. The molecule has 0 bridgehead atoms. The molecule has 0 spiro atoms. The van der Waals surface area contributed by atoms with Crippen molar-refractivity contribution < 1.29 is 17.7 Å². The Hall–Kier alpha value is -2.49. The Morgan fingerprint density at radius 1 is 1.07 bits per heavy atom. The van der Waals surface area contributed by atoms with Crippen molar-refractivity contribution in [2.24, 2.45) is 0 Å². The van der Waals surface area contributed by atoms with Crippen LogP contribution in [0.25, 0.3) is 11.3 Å². The number of nitrogens with zero attached hydrogens (tertiary/aromatic N) is 3.